The molecule has 0 saturated heterocycles. The first-order valence-corrected chi connectivity index (χ1v) is 8.83. The van der Waals surface area contributed by atoms with Crippen molar-refractivity contribution >= 4 is 9.84 Å². The lowest BCUT2D eigenvalue weighted by molar-refractivity contribution is 0.357. The van der Waals surface area contributed by atoms with Crippen LogP contribution in [-0.2, 0) is 9.84 Å². The van der Waals surface area contributed by atoms with Gasteiger partial charge >= 0.3 is 0 Å². The molecule has 2 N–H and O–H groups in total. The summed E-state index contributed by atoms with van der Waals surface area (Å²) in [7, 11) is -2.81. The van der Waals surface area contributed by atoms with Gasteiger partial charge in [0.2, 0.25) is 0 Å². The summed E-state index contributed by atoms with van der Waals surface area (Å²) in [5.74, 6) is 1.19. The van der Waals surface area contributed by atoms with Crippen LogP contribution in [0.1, 0.15) is 58.3 Å². The first-order valence-electron chi connectivity index (χ1n) is 7.01. The van der Waals surface area contributed by atoms with Gasteiger partial charge in [0.1, 0.15) is 9.84 Å². The van der Waals surface area contributed by atoms with Crippen LogP contribution in [0, 0.1) is 5.92 Å². The lowest BCUT2D eigenvalue weighted by Gasteiger charge is -2.22. The topological polar surface area (TPSA) is 60.2 Å². The highest BCUT2D eigenvalue weighted by atomic mass is 32.2. The fourth-order valence-corrected chi connectivity index (χ4v) is 3.55. The Labute approximate surface area is 106 Å². The molecule has 0 amide bonds. The summed E-state index contributed by atoms with van der Waals surface area (Å²) in [4.78, 5) is 0. The number of nitrogens with two attached hydrogens (primary N) is 1. The molecule has 1 aliphatic carbocycles. The zero-order chi connectivity index (χ0) is 12.7. The molecule has 1 fully saturated rings. The van der Waals surface area contributed by atoms with E-state index in [0.717, 1.165) is 12.8 Å². The van der Waals surface area contributed by atoms with Gasteiger partial charge in [-0.2, -0.15) is 0 Å². The molecule has 3 nitrogen and oxygen atoms in total. The van der Waals surface area contributed by atoms with Crippen molar-refractivity contribution < 1.29 is 8.42 Å². The SMILES string of the molecule is CCS(=O)(=O)CCCC(N)C1CCCCCC1. The van der Waals surface area contributed by atoms with Crippen LogP contribution in [0.25, 0.3) is 0 Å². The molecule has 0 aromatic heterocycles. The third kappa shape index (κ3) is 5.87. The minimum Gasteiger partial charge on any atom is -0.327 e. The summed E-state index contributed by atoms with van der Waals surface area (Å²) in [5.41, 5.74) is 6.19. The Kier molecular flexibility index (Phi) is 6.49. The zero-order valence-corrected chi connectivity index (χ0v) is 11.8. The molecule has 1 saturated carbocycles. The van der Waals surface area contributed by atoms with E-state index in [1.165, 1.54) is 38.5 Å². The van der Waals surface area contributed by atoms with Crippen LogP contribution in [0.3, 0.4) is 0 Å². The van der Waals surface area contributed by atoms with Gasteiger partial charge in [0, 0.05) is 11.8 Å². The van der Waals surface area contributed by atoms with Crippen LogP contribution in [0.15, 0.2) is 0 Å². The lowest BCUT2D eigenvalue weighted by atomic mass is 9.90. The Hall–Kier alpha value is -0.0900. The molecule has 0 aromatic rings. The maximum Gasteiger partial charge on any atom is 0.150 e. The molecule has 0 spiro atoms. The number of sulfone groups is 1. The minimum absolute atomic E-state index is 0.208. The van der Waals surface area contributed by atoms with Crippen LogP contribution in [0.2, 0.25) is 0 Å². The molecule has 0 heterocycles. The van der Waals surface area contributed by atoms with Crippen molar-refractivity contribution in [3.63, 3.8) is 0 Å². The standard InChI is InChI=1S/C13H27NO2S/c1-2-17(15,16)11-7-10-13(14)12-8-5-3-4-6-9-12/h12-13H,2-11,14H2,1H3. The van der Waals surface area contributed by atoms with Gasteiger partial charge in [-0.05, 0) is 31.6 Å². The second kappa shape index (κ2) is 7.37. The van der Waals surface area contributed by atoms with Crippen LogP contribution >= 0.6 is 0 Å². The lowest BCUT2D eigenvalue weighted by Crippen LogP contribution is -2.30. The van der Waals surface area contributed by atoms with Crippen LogP contribution in [-0.4, -0.2) is 26.0 Å². The second-order valence-electron chi connectivity index (χ2n) is 5.29. The van der Waals surface area contributed by atoms with Crippen LogP contribution < -0.4 is 5.73 Å². The average Bonchev–Trinajstić information content (AvgIpc) is 2.57. The number of hydrogen-bond donors (Lipinski definition) is 1. The Morgan fingerprint density at radius 1 is 1.18 bits per heavy atom. The largest absolute Gasteiger partial charge is 0.327 e. The van der Waals surface area contributed by atoms with Gasteiger partial charge in [-0.15, -0.1) is 0 Å². The van der Waals surface area contributed by atoms with E-state index in [4.69, 9.17) is 5.73 Å². The van der Waals surface area contributed by atoms with Gasteiger partial charge in [0.15, 0.2) is 0 Å². The predicted molar refractivity (Wildman–Crippen MR) is 72.7 cm³/mol. The van der Waals surface area contributed by atoms with Crippen molar-refractivity contribution in [3.05, 3.63) is 0 Å². The Morgan fingerprint density at radius 3 is 2.29 bits per heavy atom. The molecular formula is C13H27NO2S. The highest BCUT2D eigenvalue weighted by molar-refractivity contribution is 7.91. The van der Waals surface area contributed by atoms with E-state index in [-0.39, 0.29) is 11.8 Å². The highest BCUT2D eigenvalue weighted by Crippen LogP contribution is 2.26. The second-order valence-corrected chi connectivity index (χ2v) is 7.77. The van der Waals surface area contributed by atoms with Crippen molar-refractivity contribution in [2.75, 3.05) is 11.5 Å². The normalized spacial score (nSPS) is 21.1. The molecule has 0 aliphatic heterocycles. The molecule has 1 unspecified atom stereocenters. The third-order valence-electron chi connectivity index (χ3n) is 3.94. The van der Waals surface area contributed by atoms with E-state index in [0.29, 0.717) is 11.7 Å². The molecule has 0 bridgehead atoms. The molecule has 0 aromatic carbocycles. The number of hydrogen-bond acceptors (Lipinski definition) is 3. The fraction of sp³-hybridized carbons (Fsp3) is 1.00. The number of rotatable bonds is 6. The molecule has 1 aliphatic rings. The van der Waals surface area contributed by atoms with E-state index in [9.17, 15) is 8.42 Å². The van der Waals surface area contributed by atoms with Gasteiger partial charge in [-0.3, -0.25) is 0 Å². The van der Waals surface area contributed by atoms with E-state index in [2.05, 4.69) is 0 Å². The maximum atomic E-state index is 11.4. The Morgan fingerprint density at radius 2 is 1.76 bits per heavy atom. The summed E-state index contributed by atoms with van der Waals surface area (Å²) in [6.45, 7) is 1.71. The Balaban J connectivity index is 2.26. The van der Waals surface area contributed by atoms with Crippen molar-refractivity contribution in [2.45, 2.75) is 64.3 Å². The minimum atomic E-state index is -2.81. The van der Waals surface area contributed by atoms with Gasteiger partial charge in [0.25, 0.3) is 0 Å². The fourth-order valence-electron chi connectivity index (χ4n) is 2.66. The van der Waals surface area contributed by atoms with E-state index < -0.39 is 9.84 Å². The van der Waals surface area contributed by atoms with Crippen molar-refractivity contribution in [2.24, 2.45) is 11.7 Å². The monoisotopic (exact) mass is 261 g/mol. The van der Waals surface area contributed by atoms with Gasteiger partial charge in [0.05, 0.1) is 5.75 Å². The van der Waals surface area contributed by atoms with Gasteiger partial charge in [-0.25, -0.2) is 8.42 Å². The molecule has 17 heavy (non-hydrogen) atoms. The molecule has 102 valence electrons. The molecular weight excluding hydrogens is 234 g/mol. The van der Waals surface area contributed by atoms with E-state index in [1.807, 2.05) is 0 Å². The van der Waals surface area contributed by atoms with Gasteiger partial charge in [-0.1, -0.05) is 32.6 Å². The average molecular weight is 261 g/mol. The smallest absolute Gasteiger partial charge is 0.150 e. The predicted octanol–water partition coefficient (Wildman–Crippen LogP) is 2.50. The third-order valence-corrected chi connectivity index (χ3v) is 5.73. The summed E-state index contributed by atoms with van der Waals surface area (Å²) in [6.07, 6.45) is 9.35. The highest BCUT2D eigenvalue weighted by Gasteiger charge is 2.19. The van der Waals surface area contributed by atoms with Crippen molar-refractivity contribution in [3.8, 4) is 0 Å². The van der Waals surface area contributed by atoms with Crippen LogP contribution in [0.4, 0.5) is 0 Å². The zero-order valence-electron chi connectivity index (χ0n) is 11.0. The van der Waals surface area contributed by atoms with E-state index >= 15 is 0 Å². The molecule has 1 rings (SSSR count). The summed E-state index contributed by atoms with van der Waals surface area (Å²) in [5, 5.41) is 0. The van der Waals surface area contributed by atoms with E-state index in [1.54, 1.807) is 6.92 Å². The van der Waals surface area contributed by atoms with Crippen LogP contribution in [0.5, 0.6) is 0 Å². The van der Waals surface area contributed by atoms with Crippen molar-refractivity contribution in [1.29, 1.82) is 0 Å². The summed E-state index contributed by atoms with van der Waals surface area (Å²) >= 11 is 0. The first kappa shape index (κ1) is 15.0. The molecule has 0 radical (unpaired) electrons. The summed E-state index contributed by atoms with van der Waals surface area (Å²) < 4.78 is 22.7. The molecule has 4 heteroatoms. The molecule has 1 atom stereocenters. The quantitative estimate of drug-likeness (QED) is 0.747. The van der Waals surface area contributed by atoms with Crippen molar-refractivity contribution in [1.82, 2.24) is 0 Å². The first-order chi connectivity index (χ1) is 8.05. The van der Waals surface area contributed by atoms with Gasteiger partial charge < -0.3 is 5.73 Å². The Bertz CT molecular complexity index is 293. The maximum absolute atomic E-state index is 11.4. The summed E-state index contributed by atoms with van der Waals surface area (Å²) in [6, 6.07) is 0.208.